The summed E-state index contributed by atoms with van der Waals surface area (Å²) in [6.07, 6.45) is 8.65. The summed E-state index contributed by atoms with van der Waals surface area (Å²) in [5.41, 5.74) is 3.31. The van der Waals surface area contributed by atoms with Crippen molar-refractivity contribution in [2.75, 3.05) is 26.2 Å². The minimum Gasteiger partial charge on any atom is -0.373 e. The lowest BCUT2D eigenvalue weighted by molar-refractivity contribution is -0.0681. The summed E-state index contributed by atoms with van der Waals surface area (Å²) in [7, 11) is 0. The van der Waals surface area contributed by atoms with Crippen molar-refractivity contribution < 1.29 is 4.74 Å². The zero-order valence-electron chi connectivity index (χ0n) is 15.2. The van der Waals surface area contributed by atoms with Crippen molar-refractivity contribution in [3.8, 4) is 11.3 Å². The number of hydrogen-bond donors (Lipinski definition) is 2. The summed E-state index contributed by atoms with van der Waals surface area (Å²) in [4.78, 5) is 6.70. The smallest absolute Gasteiger partial charge is 0.0710 e. The van der Waals surface area contributed by atoms with Gasteiger partial charge in [-0.3, -0.25) is 15.0 Å². The molecule has 3 heterocycles. The lowest BCUT2D eigenvalue weighted by atomic mass is 10.1. The molecule has 136 valence electrons. The number of nitrogens with one attached hydrogen (secondary N) is 2. The normalized spacial score (nSPS) is 21.5. The van der Waals surface area contributed by atoms with Gasteiger partial charge >= 0.3 is 0 Å². The number of H-pyrrole nitrogens is 1. The van der Waals surface area contributed by atoms with Gasteiger partial charge in [0, 0.05) is 43.2 Å². The maximum absolute atomic E-state index is 5.78. The number of rotatable bonds is 8. The van der Waals surface area contributed by atoms with E-state index in [4.69, 9.17) is 4.74 Å². The van der Waals surface area contributed by atoms with Crippen LogP contribution < -0.4 is 5.32 Å². The van der Waals surface area contributed by atoms with E-state index >= 15 is 0 Å². The topological polar surface area (TPSA) is 66.1 Å². The Kier molecular flexibility index (Phi) is 6.55. The number of pyridine rings is 1. The molecule has 25 heavy (non-hydrogen) atoms. The monoisotopic (exact) mass is 343 g/mol. The second-order valence-electron chi connectivity index (χ2n) is 6.91. The summed E-state index contributed by atoms with van der Waals surface area (Å²) >= 11 is 0. The Balaban J connectivity index is 1.35. The molecule has 1 saturated heterocycles. The van der Waals surface area contributed by atoms with Crippen molar-refractivity contribution in [3.63, 3.8) is 0 Å². The van der Waals surface area contributed by atoms with E-state index in [1.54, 1.807) is 6.20 Å². The Morgan fingerprint density at radius 2 is 2.08 bits per heavy atom. The largest absolute Gasteiger partial charge is 0.373 e. The van der Waals surface area contributed by atoms with Crippen LogP contribution in [0.15, 0.2) is 30.7 Å². The summed E-state index contributed by atoms with van der Waals surface area (Å²) in [6.45, 7) is 9.44. The molecule has 1 aliphatic heterocycles. The number of aromatic amines is 1. The van der Waals surface area contributed by atoms with Crippen molar-refractivity contribution in [1.29, 1.82) is 0 Å². The first-order chi connectivity index (χ1) is 12.2. The minimum absolute atomic E-state index is 0.355. The first-order valence-electron chi connectivity index (χ1n) is 9.23. The van der Waals surface area contributed by atoms with E-state index in [1.807, 2.05) is 24.5 Å². The van der Waals surface area contributed by atoms with Gasteiger partial charge in [0.25, 0.3) is 0 Å². The van der Waals surface area contributed by atoms with E-state index in [0.717, 1.165) is 44.0 Å². The van der Waals surface area contributed by atoms with Gasteiger partial charge in [0.15, 0.2) is 0 Å². The average Bonchev–Trinajstić information content (AvgIpc) is 3.06. The van der Waals surface area contributed by atoms with Gasteiger partial charge in [-0.2, -0.15) is 5.10 Å². The quantitative estimate of drug-likeness (QED) is 0.721. The molecule has 1 fully saturated rings. The molecule has 6 nitrogen and oxygen atoms in total. The number of unbranched alkanes of at least 4 members (excludes halogenated alkanes) is 1. The second-order valence-corrected chi connectivity index (χ2v) is 6.91. The standard InChI is InChI=1S/C19H29N5O/c1-15-13-24(14-16(2)25-15)9-4-3-7-20-11-18-12-22-23-19(18)17-6-5-8-21-10-17/h5-6,8,10,12,15-16,20H,3-4,7,9,11,13-14H2,1-2H3,(H,22,23)/t15-,16-/m1/s1. The van der Waals surface area contributed by atoms with Crippen LogP contribution in [0, 0.1) is 0 Å². The molecule has 6 heteroatoms. The van der Waals surface area contributed by atoms with E-state index < -0.39 is 0 Å². The average molecular weight is 343 g/mol. The number of aromatic nitrogens is 3. The molecule has 0 aliphatic carbocycles. The Hall–Kier alpha value is -1.76. The zero-order valence-corrected chi connectivity index (χ0v) is 15.2. The van der Waals surface area contributed by atoms with Crippen LogP contribution in [0.4, 0.5) is 0 Å². The zero-order chi connectivity index (χ0) is 17.5. The Morgan fingerprint density at radius 3 is 2.84 bits per heavy atom. The lowest BCUT2D eigenvalue weighted by Gasteiger charge is -2.35. The van der Waals surface area contributed by atoms with E-state index in [0.29, 0.717) is 12.2 Å². The molecule has 3 rings (SSSR count). The van der Waals surface area contributed by atoms with Crippen LogP contribution in [0.5, 0.6) is 0 Å². The summed E-state index contributed by atoms with van der Waals surface area (Å²) in [6, 6.07) is 4.00. The first kappa shape index (κ1) is 18.0. The fourth-order valence-corrected chi connectivity index (χ4v) is 3.48. The molecule has 0 aromatic carbocycles. The molecule has 2 atom stereocenters. The predicted molar refractivity (Wildman–Crippen MR) is 99.2 cm³/mol. The number of hydrogen-bond acceptors (Lipinski definition) is 5. The van der Waals surface area contributed by atoms with Crippen LogP contribution >= 0.6 is 0 Å². The second kappa shape index (κ2) is 9.08. The Labute approximate surface area is 150 Å². The van der Waals surface area contributed by atoms with Crippen LogP contribution in [0.2, 0.25) is 0 Å². The maximum Gasteiger partial charge on any atom is 0.0710 e. The van der Waals surface area contributed by atoms with E-state index in [9.17, 15) is 0 Å². The van der Waals surface area contributed by atoms with Crippen molar-refractivity contribution in [2.24, 2.45) is 0 Å². The van der Waals surface area contributed by atoms with Crippen LogP contribution in [0.25, 0.3) is 11.3 Å². The van der Waals surface area contributed by atoms with E-state index in [-0.39, 0.29) is 0 Å². The number of morpholine rings is 1. The van der Waals surface area contributed by atoms with E-state index in [1.165, 1.54) is 18.4 Å². The number of nitrogens with zero attached hydrogens (tertiary/aromatic N) is 3. The third-order valence-corrected chi connectivity index (χ3v) is 4.56. The molecule has 2 aromatic rings. The van der Waals surface area contributed by atoms with Gasteiger partial charge in [-0.25, -0.2) is 0 Å². The highest BCUT2D eigenvalue weighted by molar-refractivity contribution is 5.61. The summed E-state index contributed by atoms with van der Waals surface area (Å²) in [5.74, 6) is 0. The van der Waals surface area contributed by atoms with Crippen molar-refractivity contribution in [2.45, 2.75) is 45.4 Å². The highest BCUT2D eigenvalue weighted by Gasteiger charge is 2.21. The number of ether oxygens (including phenoxy) is 1. The molecule has 0 spiro atoms. The third-order valence-electron chi connectivity index (χ3n) is 4.56. The van der Waals surface area contributed by atoms with Crippen LogP contribution in [0.3, 0.4) is 0 Å². The lowest BCUT2D eigenvalue weighted by Crippen LogP contribution is -2.45. The van der Waals surface area contributed by atoms with Crippen molar-refractivity contribution in [3.05, 3.63) is 36.3 Å². The minimum atomic E-state index is 0.355. The van der Waals surface area contributed by atoms with E-state index in [2.05, 4.69) is 39.2 Å². The predicted octanol–water partition coefficient (Wildman–Crippen LogP) is 2.45. The first-order valence-corrected chi connectivity index (χ1v) is 9.23. The molecule has 0 radical (unpaired) electrons. The molecule has 2 N–H and O–H groups in total. The van der Waals surface area contributed by atoms with Gasteiger partial charge in [0.1, 0.15) is 0 Å². The highest BCUT2D eigenvalue weighted by Crippen LogP contribution is 2.19. The van der Waals surface area contributed by atoms with Gasteiger partial charge in [0.2, 0.25) is 0 Å². The highest BCUT2D eigenvalue weighted by atomic mass is 16.5. The fourth-order valence-electron chi connectivity index (χ4n) is 3.48. The van der Waals surface area contributed by atoms with Gasteiger partial charge in [-0.05, 0) is 51.9 Å². The van der Waals surface area contributed by atoms with Crippen LogP contribution in [0.1, 0.15) is 32.3 Å². The summed E-state index contributed by atoms with van der Waals surface area (Å²) < 4.78 is 5.78. The maximum atomic E-state index is 5.78. The van der Waals surface area contributed by atoms with Gasteiger partial charge in [-0.1, -0.05) is 0 Å². The van der Waals surface area contributed by atoms with Crippen molar-refractivity contribution in [1.82, 2.24) is 25.4 Å². The molecule has 0 bridgehead atoms. The van der Waals surface area contributed by atoms with Gasteiger partial charge in [-0.15, -0.1) is 0 Å². The molecule has 0 unspecified atom stereocenters. The molecule has 0 amide bonds. The molecular formula is C19H29N5O. The molecule has 2 aromatic heterocycles. The summed E-state index contributed by atoms with van der Waals surface area (Å²) in [5, 5.41) is 10.8. The van der Waals surface area contributed by atoms with Crippen LogP contribution in [-0.2, 0) is 11.3 Å². The fraction of sp³-hybridized carbons (Fsp3) is 0.579. The molecular weight excluding hydrogens is 314 g/mol. The molecule has 0 saturated carbocycles. The van der Waals surface area contributed by atoms with Crippen LogP contribution in [-0.4, -0.2) is 58.5 Å². The van der Waals surface area contributed by atoms with Gasteiger partial charge < -0.3 is 10.1 Å². The molecule has 1 aliphatic rings. The Morgan fingerprint density at radius 1 is 1.24 bits per heavy atom. The van der Waals surface area contributed by atoms with Gasteiger partial charge in [0.05, 0.1) is 24.1 Å². The van der Waals surface area contributed by atoms with Crippen molar-refractivity contribution >= 4 is 0 Å². The third kappa shape index (κ3) is 5.36. The SMILES string of the molecule is C[C@@H]1CN(CCCCNCc2cn[nH]c2-c2cccnc2)C[C@@H](C)O1. The Bertz CT molecular complexity index is 620.